The molecular formula is C5H12Cl2OSi. The van der Waals surface area contributed by atoms with Gasteiger partial charge in [0.1, 0.15) is 0 Å². The van der Waals surface area contributed by atoms with Gasteiger partial charge in [-0.2, -0.15) is 0 Å². The molecule has 0 saturated carbocycles. The third-order valence-corrected chi connectivity index (χ3v) is 3.49. The van der Waals surface area contributed by atoms with E-state index in [0.717, 1.165) is 11.9 Å². The summed E-state index contributed by atoms with van der Waals surface area (Å²) in [5.74, 6) is 1.32. The molecule has 0 saturated heterocycles. The van der Waals surface area contributed by atoms with Crippen LogP contribution in [0.15, 0.2) is 0 Å². The topological polar surface area (TPSA) is 9.23 Å². The maximum absolute atomic E-state index is 5.50. The number of halogens is 2. The minimum atomic E-state index is -0.364. The summed E-state index contributed by atoms with van der Waals surface area (Å²) in [5.41, 5.74) is 0. The molecule has 0 spiro atoms. The summed E-state index contributed by atoms with van der Waals surface area (Å²) in [5, 5.41) is 0. The van der Waals surface area contributed by atoms with E-state index in [1.165, 1.54) is 0 Å². The van der Waals surface area contributed by atoms with Gasteiger partial charge in [0.15, 0.2) is 9.76 Å². The molecule has 0 fully saturated rings. The number of rotatable bonds is 5. The fourth-order valence-electron chi connectivity index (χ4n) is 0.384. The SMILES string of the molecule is CC(CCl)O[SiH2]CCCl. The molecular weight excluding hydrogens is 175 g/mol. The van der Waals surface area contributed by atoms with Gasteiger partial charge in [-0.3, -0.25) is 0 Å². The average molecular weight is 187 g/mol. The van der Waals surface area contributed by atoms with Crippen molar-refractivity contribution in [2.24, 2.45) is 0 Å². The van der Waals surface area contributed by atoms with Gasteiger partial charge in [-0.05, 0) is 13.0 Å². The van der Waals surface area contributed by atoms with E-state index in [0.29, 0.717) is 5.88 Å². The monoisotopic (exact) mass is 186 g/mol. The van der Waals surface area contributed by atoms with E-state index in [9.17, 15) is 0 Å². The molecule has 0 rings (SSSR count). The Hall–Kier alpha value is 0.757. The number of hydrogen-bond donors (Lipinski definition) is 0. The standard InChI is InChI=1S/C5H12Cl2OSi/c1-5(4-7)8-9-3-2-6/h5H,2-4,9H2,1H3. The van der Waals surface area contributed by atoms with Crippen LogP contribution >= 0.6 is 23.2 Å². The molecule has 0 aromatic heterocycles. The summed E-state index contributed by atoms with van der Waals surface area (Å²) >= 11 is 10.9. The summed E-state index contributed by atoms with van der Waals surface area (Å²) in [6.07, 6.45) is 0.224. The molecule has 0 aliphatic carbocycles. The Bertz CT molecular complexity index is 62.9. The van der Waals surface area contributed by atoms with Crippen LogP contribution in [0.1, 0.15) is 6.92 Å². The lowest BCUT2D eigenvalue weighted by atomic mass is 10.5. The number of alkyl halides is 2. The molecule has 0 aliphatic heterocycles. The van der Waals surface area contributed by atoms with E-state index in [1.807, 2.05) is 6.92 Å². The van der Waals surface area contributed by atoms with Crippen molar-refractivity contribution in [2.75, 3.05) is 11.8 Å². The molecule has 1 unspecified atom stereocenters. The molecule has 0 bridgehead atoms. The van der Waals surface area contributed by atoms with Crippen LogP contribution in [0.4, 0.5) is 0 Å². The Balaban J connectivity index is 2.88. The molecule has 0 aromatic carbocycles. The second kappa shape index (κ2) is 6.87. The molecule has 0 heterocycles. The van der Waals surface area contributed by atoms with Gasteiger partial charge < -0.3 is 4.43 Å². The molecule has 0 aromatic rings. The summed E-state index contributed by atoms with van der Waals surface area (Å²) in [6.45, 7) is 1.98. The van der Waals surface area contributed by atoms with E-state index >= 15 is 0 Å². The van der Waals surface area contributed by atoms with E-state index < -0.39 is 0 Å². The highest BCUT2D eigenvalue weighted by Gasteiger charge is 1.97. The zero-order chi connectivity index (χ0) is 7.11. The zero-order valence-corrected chi connectivity index (χ0v) is 8.50. The lowest BCUT2D eigenvalue weighted by molar-refractivity contribution is 0.259. The zero-order valence-electron chi connectivity index (χ0n) is 5.57. The largest absolute Gasteiger partial charge is 0.420 e. The highest BCUT2D eigenvalue weighted by Crippen LogP contribution is 1.94. The van der Waals surface area contributed by atoms with E-state index in [2.05, 4.69) is 0 Å². The van der Waals surface area contributed by atoms with E-state index in [1.54, 1.807) is 0 Å². The summed E-state index contributed by atoms with van der Waals surface area (Å²) in [4.78, 5) is 0. The Morgan fingerprint density at radius 3 is 2.67 bits per heavy atom. The van der Waals surface area contributed by atoms with Crippen LogP contribution in [-0.2, 0) is 4.43 Å². The molecule has 0 radical (unpaired) electrons. The highest BCUT2D eigenvalue weighted by atomic mass is 35.5. The van der Waals surface area contributed by atoms with Crippen molar-refractivity contribution < 1.29 is 4.43 Å². The van der Waals surface area contributed by atoms with Crippen molar-refractivity contribution >= 4 is 33.0 Å². The number of hydrogen-bond acceptors (Lipinski definition) is 1. The molecule has 0 N–H and O–H groups in total. The molecule has 0 aliphatic rings. The van der Waals surface area contributed by atoms with Gasteiger partial charge in [-0.25, -0.2) is 0 Å². The van der Waals surface area contributed by atoms with Crippen molar-refractivity contribution in [3.05, 3.63) is 0 Å². The van der Waals surface area contributed by atoms with Crippen molar-refractivity contribution in [2.45, 2.75) is 19.1 Å². The van der Waals surface area contributed by atoms with Crippen molar-refractivity contribution in [1.82, 2.24) is 0 Å². The average Bonchev–Trinajstić information content (AvgIpc) is 1.89. The fourth-order valence-corrected chi connectivity index (χ4v) is 1.75. The second-order valence-electron chi connectivity index (χ2n) is 1.88. The fraction of sp³-hybridized carbons (Fsp3) is 1.00. The highest BCUT2D eigenvalue weighted by molar-refractivity contribution is 6.31. The van der Waals surface area contributed by atoms with Gasteiger partial charge in [-0.1, -0.05) is 0 Å². The van der Waals surface area contributed by atoms with Gasteiger partial charge in [-0.15, -0.1) is 23.2 Å². The van der Waals surface area contributed by atoms with Crippen LogP contribution in [0.5, 0.6) is 0 Å². The van der Waals surface area contributed by atoms with E-state index in [-0.39, 0.29) is 15.9 Å². The third-order valence-electron chi connectivity index (χ3n) is 0.898. The lowest BCUT2D eigenvalue weighted by Gasteiger charge is -2.07. The van der Waals surface area contributed by atoms with Crippen molar-refractivity contribution in [3.63, 3.8) is 0 Å². The lowest BCUT2D eigenvalue weighted by Crippen LogP contribution is -2.12. The predicted octanol–water partition coefficient (Wildman–Crippen LogP) is 1.37. The van der Waals surface area contributed by atoms with Crippen LogP contribution in [0.25, 0.3) is 0 Å². The minimum absolute atomic E-state index is 0.224. The first-order valence-electron chi connectivity index (χ1n) is 3.04. The Labute approximate surface area is 68.6 Å². The van der Waals surface area contributed by atoms with Crippen molar-refractivity contribution in [1.29, 1.82) is 0 Å². The quantitative estimate of drug-likeness (QED) is 0.359. The van der Waals surface area contributed by atoms with E-state index in [4.69, 9.17) is 27.6 Å². The molecule has 4 heteroatoms. The Kier molecular flexibility index (Phi) is 7.45. The molecule has 0 amide bonds. The predicted molar refractivity (Wildman–Crippen MR) is 45.3 cm³/mol. The van der Waals surface area contributed by atoms with Gasteiger partial charge in [0.05, 0.1) is 6.10 Å². The first-order chi connectivity index (χ1) is 4.31. The third kappa shape index (κ3) is 6.64. The maximum Gasteiger partial charge on any atom is 0.163 e. The normalized spacial score (nSPS) is 15.0. The Morgan fingerprint density at radius 1 is 1.56 bits per heavy atom. The molecule has 9 heavy (non-hydrogen) atoms. The first-order valence-corrected chi connectivity index (χ1v) is 5.69. The van der Waals surface area contributed by atoms with Crippen LogP contribution in [-0.4, -0.2) is 27.6 Å². The van der Waals surface area contributed by atoms with Gasteiger partial charge in [0.25, 0.3) is 0 Å². The van der Waals surface area contributed by atoms with Crippen LogP contribution < -0.4 is 0 Å². The van der Waals surface area contributed by atoms with Crippen molar-refractivity contribution in [3.8, 4) is 0 Å². The summed E-state index contributed by atoms with van der Waals surface area (Å²) in [6, 6.07) is 1.04. The van der Waals surface area contributed by atoms with Crippen LogP contribution in [0.2, 0.25) is 6.04 Å². The van der Waals surface area contributed by atoms with Crippen LogP contribution in [0.3, 0.4) is 0 Å². The Morgan fingerprint density at radius 2 is 2.22 bits per heavy atom. The van der Waals surface area contributed by atoms with Crippen LogP contribution in [0, 0.1) is 0 Å². The molecule has 56 valence electrons. The summed E-state index contributed by atoms with van der Waals surface area (Å²) < 4.78 is 5.35. The second-order valence-corrected chi connectivity index (χ2v) is 4.01. The molecule has 1 nitrogen and oxygen atoms in total. The van der Waals surface area contributed by atoms with Gasteiger partial charge >= 0.3 is 0 Å². The molecule has 1 atom stereocenters. The van der Waals surface area contributed by atoms with Gasteiger partial charge in [0, 0.05) is 11.8 Å². The minimum Gasteiger partial charge on any atom is -0.420 e. The van der Waals surface area contributed by atoms with Gasteiger partial charge in [0.2, 0.25) is 0 Å². The summed E-state index contributed by atoms with van der Waals surface area (Å²) in [7, 11) is -0.364. The first kappa shape index (κ1) is 9.76. The maximum atomic E-state index is 5.50. The smallest absolute Gasteiger partial charge is 0.163 e.